The van der Waals surface area contributed by atoms with E-state index >= 15 is 0 Å². The maximum absolute atomic E-state index is 11.3. The summed E-state index contributed by atoms with van der Waals surface area (Å²) in [5.74, 6) is -0.315. The lowest BCUT2D eigenvalue weighted by atomic mass is 10.3. The SMILES string of the molecule is CCCCNC(=O)NC(=O)CN(C)CCN. The second-order valence-corrected chi connectivity index (χ2v) is 3.68. The molecule has 0 aromatic heterocycles. The highest BCUT2D eigenvalue weighted by atomic mass is 16.2. The molecule has 0 unspecified atom stereocenters. The minimum absolute atomic E-state index is 0.179. The Morgan fingerprint density at radius 3 is 2.62 bits per heavy atom. The van der Waals surface area contributed by atoms with Crippen LogP contribution in [0.4, 0.5) is 4.79 Å². The summed E-state index contributed by atoms with van der Waals surface area (Å²) in [6, 6.07) is -0.431. The van der Waals surface area contributed by atoms with Gasteiger partial charge in [-0.25, -0.2) is 4.79 Å². The van der Waals surface area contributed by atoms with Crippen LogP contribution < -0.4 is 16.4 Å². The van der Waals surface area contributed by atoms with Crippen molar-refractivity contribution >= 4 is 11.9 Å². The Bertz CT molecular complexity index is 221. The first-order valence-corrected chi connectivity index (χ1v) is 5.56. The first kappa shape index (κ1) is 14.9. The molecule has 6 nitrogen and oxygen atoms in total. The van der Waals surface area contributed by atoms with E-state index in [1.165, 1.54) is 0 Å². The number of nitrogens with one attached hydrogen (secondary N) is 2. The van der Waals surface area contributed by atoms with Gasteiger partial charge in [0.2, 0.25) is 5.91 Å². The molecule has 0 heterocycles. The van der Waals surface area contributed by atoms with Crippen LogP contribution in [0.5, 0.6) is 0 Å². The predicted octanol–water partition coefficient (Wildman–Crippen LogP) is -0.497. The summed E-state index contributed by atoms with van der Waals surface area (Å²) in [7, 11) is 1.78. The Morgan fingerprint density at radius 1 is 1.38 bits per heavy atom. The summed E-state index contributed by atoms with van der Waals surface area (Å²) in [5.41, 5.74) is 5.33. The van der Waals surface area contributed by atoms with Crippen LogP contribution in [-0.2, 0) is 4.79 Å². The molecule has 0 atom stereocenters. The third-order valence-corrected chi connectivity index (χ3v) is 1.99. The van der Waals surface area contributed by atoms with Crippen LogP contribution in [-0.4, -0.2) is 50.1 Å². The van der Waals surface area contributed by atoms with E-state index in [0.29, 0.717) is 19.6 Å². The fourth-order valence-corrected chi connectivity index (χ4v) is 1.13. The second-order valence-electron chi connectivity index (χ2n) is 3.68. The van der Waals surface area contributed by atoms with Crippen LogP contribution >= 0.6 is 0 Å². The largest absolute Gasteiger partial charge is 0.338 e. The summed E-state index contributed by atoms with van der Waals surface area (Å²) in [6.45, 7) is 3.93. The van der Waals surface area contributed by atoms with Crippen molar-refractivity contribution in [3.8, 4) is 0 Å². The van der Waals surface area contributed by atoms with Crippen molar-refractivity contribution < 1.29 is 9.59 Å². The zero-order chi connectivity index (χ0) is 12.4. The Hall–Kier alpha value is -1.14. The zero-order valence-corrected chi connectivity index (χ0v) is 10.1. The van der Waals surface area contributed by atoms with E-state index in [-0.39, 0.29) is 12.5 Å². The summed E-state index contributed by atoms with van der Waals surface area (Å²) in [4.78, 5) is 24.3. The van der Waals surface area contributed by atoms with Crippen LogP contribution in [0.1, 0.15) is 19.8 Å². The Morgan fingerprint density at radius 2 is 2.06 bits per heavy atom. The molecule has 0 aliphatic rings. The zero-order valence-electron chi connectivity index (χ0n) is 10.1. The van der Waals surface area contributed by atoms with Crippen LogP contribution in [0.25, 0.3) is 0 Å². The average Bonchev–Trinajstić information content (AvgIpc) is 2.17. The number of nitrogens with two attached hydrogens (primary N) is 1. The molecule has 0 spiro atoms. The average molecular weight is 230 g/mol. The number of urea groups is 1. The van der Waals surface area contributed by atoms with Gasteiger partial charge in [0.15, 0.2) is 0 Å². The predicted molar refractivity (Wildman–Crippen MR) is 63.0 cm³/mol. The van der Waals surface area contributed by atoms with Gasteiger partial charge in [0.25, 0.3) is 0 Å². The molecule has 0 saturated carbocycles. The molecule has 0 aromatic rings. The molecule has 0 aliphatic heterocycles. The molecule has 94 valence electrons. The molecule has 0 fully saturated rings. The number of carbonyl (C=O) groups excluding carboxylic acids is 2. The van der Waals surface area contributed by atoms with Crippen molar-refractivity contribution in [2.24, 2.45) is 5.73 Å². The van der Waals surface area contributed by atoms with E-state index in [0.717, 1.165) is 12.8 Å². The smallest absolute Gasteiger partial charge is 0.321 e. The molecule has 0 bridgehead atoms. The molecule has 0 radical (unpaired) electrons. The third kappa shape index (κ3) is 8.19. The second kappa shape index (κ2) is 9.11. The van der Waals surface area contributed by atoms with Gasteiger partial charge < -0.3 is 11.1 Å². The third-order valence-electron chi connectivity index (χ3n) is 1.99. The van der Waals surface area contributed by atoms with Crippen molar-refractivity contribution in [1.82, 2.24) is 15.5 Å². The number of hydrogen-bond donors (Lipinski definition) is 3. The highest BCUT2D eigenvalue weighted by Gasteiger charge is 2.08. The van der Waals surface area contributed by atoms with Gasteiger partial charge in [-0.05, 0) is 13.5 Å². The number of hydrogen-bond acceptors (Lipinski definition) is 4. The van der Waals surface area contributed by atoms with E-state index in [1.54, 1.807) is 11.9 Å². The minimum atomic E-state index is -0.431. The van der Waals surface area contributed by atoms with E-state index in [1.807, 2.05) is 6.92 Å². The van der Waals surface area contributed by atoms with Gasteiger partial charge in [-0.2, -0.15) is 0 Å². The number of imide groups is 1. The van der Waals surface area contributed by atoms with Crippen LogP contribution in [0.2, 0.25) is 0 Å². The Kier molecular flexibility index (Phi) is 8.46. The van der Waals surface area contributed by atoms with Gasteiger partial charge in [0.05, 0.1) is 6.54 Å². The van der Waals surface area contributed by atoms with Crippen molar-refractivity contribution in [3.63, 3.8) is 0 Å². The molecule has 16 heavy (non-hydrogen) atoms. The molecule has 0 aliphatic carbocycles. The van der Waals surface area contributed by atoms with Crippen molar-refractivity contribution in [2.75, 3.05) is 33.2 Å². The van der Waals surface area contributed by atoms with Crippen LogP contribution in [0, 0.1) is 0 Å². The van der Waals surface area contributed by atoms with E-state index < -0.39 is 6.03 Å². The number of amides is 3. The summed E-state index contributed by atoms with van der Waals surface area (Å²) in [6.07, 6.45) is 1.92. The lowest BCUT2D eigenvalue weighted by Gasteiger charge is -2.14. The van der Waals surface area contributed by atoms with Gasteiger partial charge in [0.1, 0.15) is 0 Å². The topological polar surface area (TPSA) is 87.5 Å². The molecular formula is C10H22N4O2. The van der Waals surface area contributed by atoms with E-state index in [2.05, 4.69) is 10.6 Å². The quantitative estimate of drug-likeness (QED) is 0.515. The van der Waals surface area contributed by atoms with E-state index in [9.17, 15) is 9.59 Å². The van der Waals surface area contributed by atoms with Gasteiger partial charge in [-0.1, -0.05) is 13.3 Å². The highest BCUT2D eigenvalue weighted by molar-refractivity contribution is 5.95. The first-order chi connectivity index (χ1) is 7.60. The number of carbonyl (C=O) groups is 2. The molecule has 6 heteroatoms. The highest BCUT2D eigenvalue weighted by Crippen LogP contribution is 1.83. The molecular weight excluding hydrogens is 208 g/mol. The molecule has 0 rings (SSSR count). The van der Waals surface area contributed by atoms with Crippen LogP contribution in [0.3, 0.4) is 0 Å². The van der Waals surface area contributed by atoms with E-state index in [4.69, 9.17) is 5.73 Å². The maximum Gasteiger partial charge on any atom is 0.321 e. The summed E-state index contributed by atoms with van der Waals surface area (Å²) < 4.78 is 0. The van der Waals surface area contributed by atoms with Gasteiger partial charge in [-0.3, -0.25) is 15.0 Å². The molecule has 4 N–H and O–H groups in total. The summed E-state index contributed by atoms with van der Waals surface area (Å²) in [5, 5.41) is 4.86. The van der Waals surface area contributed by atoms with Gasteiger partial charge >= 0.3 is 6.03 Å². The minimum Gasteiger partial charge on any atom is -0.338 e. The molecule has 0 saturated heterocycles. The number of likely N-dealkylation sites (N-methyl/N-ethyl adjacent to an activating group) is 1. The van der Waals surface area contributed by atoms with Crippen molar-refractivity contribution in [1.29, 1.82) is 0 Å². The van der Waals surface area contributed by atoms with Crippen molar-refractivity contribution in [2.45, 2.75) is 19.8 Å². The number of unbranched alkanes of at least 4 members (excludes halogenated alkanes) is 1. The lowest BCUT2D eigenvalue weighted by molar-refractivity contribution is -0.120. The van der Waals surface area contributed by atoms with Crippen LogP contribution in [0.15, 0.2) is 0 Å². The Balaban J connectivity index is 3.65. The van der Waals surface area contributed by atoms with Crippen molar-refractivity contribution in [3.05, 3.63) is 0 Å². The lowest BCUT2D eigenvalue weighted by Crippen LogP contribution is -2.44. The fourth-order valence-electron chi connectivity index (χ4n) is 1.13. The van der Waals surface area contributed by atoms with Gasteiger partial charge in [-0.15, -0.1) is 0 Å². The molecule has 3 amide bonds. The fraction of sp³-hybridized carbons (Fsp3) is 0.800. The van der Waals surface area contributed by atoms with Gasteiger partial charge in [0, 0.05) is 19.6 Å². The standard InChI is InChI=1S/C10H22N4O2/c1-3-4-6-12-10(16)13-9(15)8-14(2)7-5-11/h3-8,11H2,1-2H3,(H2,12,13,15,16). The molecule has 0 aromatic carbocycles. The number of rotatable bonds is 7. The normalized spacial score (nSPS) is 10.2. The Labute approximate surface area is 96.5 Å². The summed E-state index contributed by atoms with van der Waals surface area (Å²) >= 11 is 0. The maximum atomic E-state index is 11.3. The monoisotopic (exact) mass is 230 g/mol. The number of nitrogens with zero attached hydrogens (tertiary/aromatic N) is 1. The first-order valence-electron chi connectivity index (χ1n) is 5.56.